The van der Waals surface area contributed by atoms with Gasteiger partial charge in [0, 0.05) is 17.3 Å². The van der Waals surface area contributed by atoms with Crippen LogP contribution in [0.2, 0.25) is 0 Å². The van der Waals surface area contributed by atoms with E-state index in [0.717, 1.165) is 0 Å². The molecule has 9 heavy (non-hydrogen) atoms. The second-order valence-electron chi connectivity index (χ2n) is 1.10. The molecule has 0 aliphatic carbocycles. The van der Waals surface area contributed by atoms with Gasteiger partial charge in [-0.25, -0.2) is 4.79 Å². The third-order valence-electron chi connectivity index (χ3n) is 0.458. The molecule has 0 fully saturated rings. The summed E-state index contributed by atoms with van der Waals surface area (Å²) < 4.78 is 0. The van der Waals surface area contributed by atoms with E-state index in [1.54, 1.807) is 0 Å². The number of rotatable bonds is 2. The number of nitroso groups, excluding NO2 is 1. The van der Waals surface area contributed by atoms with Crippen LogP contribution in [0.3, 0.4) is 0 Å². The van der Waals surface area contributed by atoms with Gasteiger partial charge in [0.1, 0.15) is 0 Å². The standard InChI is InChI=1S/C4H3NO4/c6-3(5-9)1-2-4(7)8/h1-2H,(H,7,8)/b2-1+. The highest BCUT2D eigenvalue weighted by molar-refractivity contribution is 5.94. The molecule has 0 atom stereocenters. The summed E-state index contributed by atoms with van der Waals surface area (Å²) in [5.41, 5.74) is 0. The predicted octanol–water partition coefficient (Wildman–Crippen LogP) is -0.0798. The van der Waals surface area contributed by atoms with Crippen molar-refractivity contribution in [3.05, 3.63) is 17.1 Å². The Hall–Kier alpha value is -1.52. The molecule has 0 heterocycles. The van der Waals surface area contributed by atoms with Crippen LogP contribution in [0, 0.1) is 4.91 Å². The van der Waals surface area contributed by atoms with E-state index < -0.39 is 11.9 Å². The molecule has 0 aromatic rings. The molecule has 0 saturated carbocycles. The molecular weight excluding hydrogens is 126 g/mol. The topological polar surface area (TPSA) is 83.8 Å². The summed E-state index contributed by atoms with van der Waals surface area (Å²) in [7, 11) is 0. The maximum Gasteiger partial charge on any atom is 0.328 e. The van der Waals surface area contributed by atoms with Crippen LogP contribution in [0.5, 0.6) is 0 Å². The number of hydrogen-bond acceptors (Lipinski definition) is 3. The first-order valence-corrected chi connectivity index (χ1v) is 1.95. The molecule has 0 rings (SSSR count). The minimum Gasteiger partial charge on any atom is -0.478 e. The van der Waals surface area contributed by atoms with E-state index in [2.05, 4.69) is 0 Å². The van der Waals surface area contributed by atoms with Crippen molar-refractivity contribution in [3.8, 4) is 0 Å². The lowest BCUT2D eigenvalue weighted by atomic mass is 10.5. The highest BCUT2D eigenvalue weighted by Gasteiger charge is 1.92. The lowest BCUT2D eigenvalue weighted by molar-refractivity contribution is -0.131. The first-order valence-electron chi connectivity index (χ1n) is 1.95. The Bertz CT molecular complexity index is 171. The Morgan fingerprint density at radius 2 is 1.89 bits per heavy atom. The van der Waals surface area contributed by atoms with Crippen molar-refractivity contribution in [2.24, 2.45) is 5.18 Å². The lowest BCUT2D eigenvalue weighted by Crippen LogP contribution is -1.90. The van der Waals surface area contributed by atoms with Gasteiger partial charge in [-0.3, -0.25) is 4.79 Å². The van der Waals surface area contributed by atoms with Gasteiger partial charge >= 0.3 is 11.9 Å². The average Bonchev–Trinajstić information content (AvgIpc) is 1.83. The zero-order chi connectivity index (χ0) is 7.28. The van der Waals surface area contributed by atoms with Crippen LogP contribution in [0.25, 0.3) is 0 Å². The first-order chi connectivity index (χ1) is 4.16. The summed E-state index contributed by atoms with van der Waals surface area (Å²) in [6.45, 7) is 0. The molecule has 1 amide bonds. The Balaban J connectivity index is 3.85. The van der Waals surface area contributed by atoms with Gasteiger partial charge in [0.15, 0.2) is 0 Å². The molecule has 0 bridgehead atoms. The van der Waals surface area contributed by atoms with E-state index in [-0.39, 0.29) is 0 Å². The average molecular weight is 129 g/mol. The summed E-state index contributed by atoms with van der Waals surface area (Å²) in [6, 6.07) is 0. The molecule has 0 unspecified atom stereocenters. The summed E-state index contributed by atoms with van der Waals surface area (Å²) in [6.07, 6.45) is 1.12. The SMILES string of the molecule is O=NC(=O)/C=C/C(=O)O. The smallest absolute Gasteiger partial charge is 0.328 e. The van der Waals surface area contributed by atoms with Crippen LogP contribution in [-0.2, 0) is 9.59 Å². The van der Waals surface area contributed by atoms with Crippen LogP contribution in [-0.4, -0.2) is 17.0 Å². The number of amides is 1. The summed E-state index contributed by atoms with van der Waals surface area (Å²) in [4.78, 5) is 28.8. The van der Waals surface area contributed by atoms with Gasteiger partial charge in [0.2, 0.25) is 0 Å². The predicted molar refractivity (Wildman–Crippen MR) is 27.6 cm³/mol. The summed E-state index contributed by atoms with van der Waals surface area (Å²) in [5.74, 6) is -2.38. The summed E-state index contributed by atoms with van der Waals surface area (Å²) in [5, 5.41) is 9.80. The highest BCUT2D eigenvalue weighted by atomic mass is 16.4. The van der Waals surface area contributed by atoms with Crippen LogP contribution in [0.1, 0.15) is 0 Å². The zero-order valence-corrected chi connectivity index (χ0v) is 4.27. The van der Waals surface area contributed by atoms with Crippen molar-refractivity contribution < 1.29 is 14.7 Å². The monoisotopic (exact) mass is 129 g/mol. The summed E-state index contributed by atoms with van der Waals surface area (Å²) >= 11 is 0. The molecule has 48 valence electrons. The van der Waals surface area contributed by atoms with Crippen LogP contribution < -0.4 is 0 Å². The number of nitrogens with zero attached hydrogens (tertiary/aromatic N) is 1. The molecular formula is C4H3NO4. The third-order valence-corrected chi connectivity index (χ3v) is 0.458. The third kappa shape index (κ3) is 4.33. The van der Waals surface area contributed by atoms with Crippen molar-refractivity contribution in [1.82, 2.24) is 0 Å². The Labute approximate surface area is 50.0 Å². The fraction of sp³-hybridized carbons (Fsp3) is 0. The Kier molecular flexibility index (Phi) is 2.89. The maximum atomic E-state index is 9.89. The number of hydrogen-bond donors (Lipinski definition) is 1. The second kappa shape index (κ2) is 3.48. The van der Waals surface area contributed by atoms with Gasteiger partial charge in [0.25, 0.3) is 0 Å². The molecule has 0 spiro atoms. The number of carbonyl (C=O) groups is 2. The highest BCUT2D eigenvalue weighted by Crippen LogP contribution is 1.76. The molecule has 0 aliphatic heterocycles. The van der Waals surface area contributed by atoms with Crippen molar-refractivity contribution in [2.75, 3.05) is 0 Å². The van der Waals surface area contributed by atoms with E-state index in [1.165, 1.54) is 0 Å². The van der Waals surface area contributed by atoms with E-state index >= 15 is 0 Å². The number of carbonyl (C=O) groups excluding carboxylic acids is 1. The van der Waals surface area contributed by atoms with Gasteiger partial charge in [0.05, 0.1) is 0 Å². The van der Waals surface area contributed by atoms with Gasteiger partial charge in [-0.15, -0.1) is 4.91 Å². The zero-order valence-electron chi connectivity index (χ0n) is 4.27. The fourth-order valence-electron chi connectivity index (χ4n) is 0.173. The van der Waals surface area contributed by atoms with Crippen molar-refractivity contribution in [3.63, 3.8) is 0 Å². The molecule has 0 radical (unpaired) electrons. The Morgan fingerprint density at radius 1 is 1.33 bits per heavy atom. The van der Waals surface area contributed by atoms with E-state index in [1.807, 2.05) is 5.18 Å². The van der Waals surface area contributed by atoms with Crippen LogP contribution in [0.15, 0.2) is 17.3 Å². The molecule has 0 saturated heterocycles. The normalized spacial score (nSPS) is 9.33. The Morgan fingerprint density at radius 3 is 2.22 bits per heavy atom. The number of carboxylic acid groups (broad SMARTS) is 1. The van der Waals surface area contributed by atoms with Crippen molar-refractivity contribution >= 4 is 11.9 Å². The minimum atomic E-state index is -1.29. The molecule has 5 nitrogen and oxygen atoms in total. The molecule has 0 aromatic carbocycles. The van der Waals surface area contributed by atoms with Crippen LogP contribution >= 0.6 is 0 Å². The van der Waals surface area contributed by atoms with Gasteiger partial charge in [-0.2, -0.15) is 0 Å². The van der Waals surface area contributed by atoms with E-state index in [0.29, 0.717) is 12.2 Å². The van der Waals surface area contributed by atoms with Crippen LogP contribution in [0.4, 0.5) is 0 Å². The molecule has 0 aliphatic rings. The minimum absolute atomic E-state index is 0.545. The van der Waals surface area contributed by atoms with E-state index in [4.69, 9.17) is 5.11 Å². The van der Waals surface area contributed by atoms with E-state index in [9.17, 15) is 14.5 Å². The van der Waals surface area contributed by atoms with Gasteiger partial charge in [-0.1, -0.05) is 0 Å². The molecule has 0 aromatic heterocycles. The first kappa shape index (κ1) is 7.48. The lowest BCUT2D eigenvalue weighted by Gasteiger charge is -1.73. The quantitative estimate of drug-likeness (QED) is 0.417. The van der Waals surface area contributed by atoms with Crippen molar-refractivity contribution in [2.45, 2.75) is 0 Å². The molecule has 5 heteroatoms. The van der Waals surface area contributed by atoms with Gasteiger partial charge in [-0.05, 0) is 0 Å². The molecule has 1 N–H and O–H groups in total. The second-order valence-corrected chi connectivity index (χ2v) is 1.10. The van der Waals surface area contributed by atoms with Gasteiger partial charge < -0.3 is 5.11 Å². The number of carboxylic acids is 1. The maximum absolute atomic E-state index is 9.89. The largest absolute Gasteiger partial charge is 0.478 e. The van der Waals surface area contributed by atoms with Crippen molar-refractivity contribution in [1.29, 1.82) is 0 Å². The fourth-order valence-corrected chi connectivity index (χ4v) is 0.173. The number of aliphatic carboxylic acids is 1.